The van der Waals surface area contributed by atoms with Crippen LogP contribution in [0.2, 0.25) is 0 Å². The normalized spacial score (nSPS) is 11.6. The smallest absolute Gasteiger partial charge is 0.280 e. The van der Waals surface area contributed by atoms with Gasteiger partial charge in [0.2, 0.25) is 0 Å². The van der Waals surface area contributed by atoms with Crippen molar-refractivity contribution in [3.63, 3.8) is 0 Å². The molecule has 0 amide bonds. The Balaban J connectivity index is 2.12. The maximum Gasteiger partial charge on any atom is 0.280 e. The summed E-state index contributed by atoms with van der Waals surface area (Å²) in [5.41, 5.74) is 0.472. The van der Waals surface area contributed by atoms with Crippen LogP contribution in [0.25, 0.3) is 10.8 Å². The monoisotopic (exact) mass is 317 g/mol. The van der Waals surface area contributed by atoms with Crippen molar-refractivity contribution >= 4 is 26.3 Å². The van der Waals surface area contributed by atoms with E-state index in [9.17, 15) is 18.5 Å². The van der Waals surface area contributed by atoms with Crippen molar-refractivity contribution in [3.8, 4) is 0 Å². The van der Waals surface area contributed by atoms with Crippen LogP contribution in [0.1, 0.15) is 5.56 Å². The average Bonchev–Trinajstić information content (AvgIpc) is 2.95. The van der Waals surface area contributed by atoms with E-state index in [2.05, 4.69) is 0 Å². The van der Waals surface area contributed by atoms with Crippen LogP contribution in [0.15, 0.2) is 64.3 Å². The Labute approximate surface area is 126 Å². The Hall–Kier alpha value is -2.67. The molecular weight excluding hydrogens is 306 g/mol. The standard InChI is InChI=1S/C15H11NO5S/c17-16(18)14-6-7-15(13-9-21-8-12(13)14)22(19,20)10-11-4-2-1-3-5-11/h1-9H,10H2. The Kier molecular flexibility index (Phi) is 3.42. The number of sulfone groups is 1. The van der Waals surface area contributed by atoms with E-state index in [1.807, 2.05) is 0 Å². The average molecular weight is 317 g/mol. The van der Waals surface area contributed by atoms with Gasteiger partial charge in [0, 0.05) is 11.5 Å². The molecule has 0 aliphatic carbocycles. The highest BCUT2D eigenvalue weighted by Gasteiger charge is 2.23. The minimum atomic E-state index is -3.63. The highest BCUT2D eigenvalue weighted by molar-refractivity contribution is 7.90. The first-order valence-corrected chi connectivity index (χ1v) is 8.04. The van der Waals surface area contributed by atoms with Gasteiger partial charge in [-0.1, -0.05) is 30.3 Å². The van der Waals surface area contributed by atoms with Gasteiger partial charge in [-0.2, -0.15) is 0 Å². The number of nitro benzene ring substituents is 1. The van der Waals surface area contributed by atoms with Crippen molar-refractivity contribution < 1.29 is 17.8 Å². The molecule has 0 spiro atoms. The van der Waals surface area contributed by atoms with Crippen LogP contribution >= 0.6 is 0 Å². The van der Waals surface area contributed by atoms with Crippen LogP contribution < -0.4 is 0 Å². The molecule has 1 heterocycles. The van der Waals surface area contributed by atoms with E-state index in [-0.39, 0.29) is 27.1 Å². The molecule has 0 radical (unpaired) electrons. The maximum atomic E-state index is 12.6. The van der Waals surface area contributed by atoms with Gasteiger partial charge in [-0.05, 0) is 11.6 Å². The van der Waals surface area contributed by atoms with Gasteiger partial charge >= 0.3 is 0 Å². The Morgan fingerprint density at radius 2 is 1.68 bits per heavy atom. The van der Waals surface area contributed by atoms with E-state index in [4.69, 9.17) is 4.42 Å². The lowest BCUT2D eigenvalue weighted by molar-refractivity contribution is -0.383. The van der Waals surface area contributed by atoms with Crippen LogP contribution in [0.3, 0.4) is 0 Å². The third-order valence-electron chi connectivity index (χ3n) is 3.33. The SMILES string of the molecule is O=[N+]([O-])c1ccc(S(=O)(=O)Cc2ccccc2)c2cocc12. The summed E-state index contributed by atoms with van der Waals surface area (Å²) in [7, 11) is -3.63. The molecule has 7 heteroatoms. The summed E-state index contributed by atoms with van der Waals surface area (Å²) in [4.78, 5) is 10.4. The number of hydrogen-bond acceptors (Lipinski definition) is 5. The summed E-state index contributed by atoms with van der Waals surface area (Å²) in [5.74, 6) is -0.175. The molecule has 22 heavy (non-hydrogen) atoms. The third kappa shape index (κ3) is 2.46. The molecule has 6 nitrogen and oxygen atoms in total. The summed E-state index contributed by atoms with van der Waals surface area (Å²) >= 11 is 0. The van der Waals surface area contributed by atoms with E-state index in [1.54, 1.807) is 30.3 Å². The minimum absolute atomic E-state index is 0.0331. The third-order valence-corrected chi connectivity index (χ3v) is 5.07. The molecule has 0 bridgehead atoms. The van der Waals surface area contributed by atoms with E-state index in [0.29, 0.717) is 5.56 Å². The number of nitrogens with zero attached hydrogens (tertiary/aromatic N) is 1. The van der Waals surface area contributed by atoms with Gasteiger partial charge in [-0.15, -0.1) is 0 Å². The van der Waals surface area contributed by atoms with Gasteiger partial charge in [0.05, 0.1) is 27.2 Å². The molecule has 0 saturated heterocycles. The zero-order chi connectivity index (χ0) is 15.7. The Morgan fingerprint density at radius 3 is 2.36 bits per heavy atom. The fraction of sp³-hybridized carbons (Fsp3) is 0.0667. The molecule has 0 saturated carbocycles. The van der Waals surface area contributed by atoms with Crippen molar-refractivity contribution in [3.05, 3.63) is 70.7 Å². The van der Waals surface area contributed by atoms with Gasteiger partial charge in [-0.25, -0.2) is 8.42 Å². The molecule has 3 aromatic rings. The first kappa shape index (κ1) is 14.3. The molecule has 0 aliphatic heterocycles. The quantitative estimate of drug-likeness (QED) is 0.544. The van der Waals surface area contributed by atoms with Crippen molar-refractivity contribution in [1.82, 2.24) is 0 Å². The van der Waals surface area contributed by atoms with Gasteiger partial charge in [0.15, 0.2) is 9.84 Å². The highest BCUT2D eigenvalue weighted by Crippen LogP contribution is 2.33. The van der Waals surface area contributed by atoms with Crippen LogP contribution in [0, 0.1) is 10.1 Å². The molecule has 1 aromatic heterocycles. The lowest BCUT2D eigenvalue weighted by atomic mass is 10.2. The van der Waals surface area contributed by atoms with Crippen LogP contribution in [0.5, 0.6) is 0 Å². The fourth-order valence-electron chi connectivity index (χ4n) is 2.32. The molecule has 0 N–H and O–H groups in total. The van der Waals surface area contributed by atoms with E-state index in [0.717, 1.165) is 0 Å². The van der Waals surface area contributed by atoms with Crippen molar-refractivity contribution in [2.24, 2.45) is 0 Å². The maximum absolute atomic E-state index is 12.6. The molecule has 2 aromatic carbocycles. The minimum Gasteiger partial charge on any atom is -0.471 e. The molecule has 3 rings (SSSR count). The number of furan rings is 1. The predicted molar refractivity (Wildman–Crippen MR) is 80.2 cm³/mol. The van der Waals surface area contributed by atoms with E-state index >= 15 is 0 Å². The largest absolute Gasteiger partial charge is 0.471 e. The molecule has 0 unspecified atom stereocenters. The summed E-state index contributed by atoms with van der Waals surface area (Å²) in [6, 6.07) is 11.2. The number of rotatable bonds is 4. The zero-order valence-electron chi connectivity index (χ0n) is 11.3. The van der Waals surface area contributed by atoms with Crippen LogP contribution in [-0.4, -0.2) is 13.3 Å². The Bertz CT molecular complexity index is 944. The highest BCUT2D eigenvalue weighted by atomic mass is 32.2. The molecule has 0 atom stereocenters. The van der Waals surface area contributed by atoms with Crippen molar-refractivity contribution in [2.75, 3.05) is 0 Å². The number of benzene rings is 2. The summed E-state index contributed by atoms with van der Waals surface area (Å²) in [5, 5.41) is 11.4. The second-order valence-electron chi connectivity index (χ2n) is 4.78. The van der Waals surface area contributed by atoms with Crippen LogP contribution in [0.4, 0.5) is 5.69 Å². The summed E-state index contributed by atoms with van der Waals surface area (Å²) in [6.45, 7) is 0. The van der Waals surface area contributed by atoms with Gasteiger partial charge in [0.25, 0.3) is 5.69 Å². The Morgan fingerprint density at radius 1 is 1.00 bits per heavy atom. The molecule has 0 aliphatic rings. The number of hydrogen-bond donors (Lipinski definition) is 0. The van der Waals surface area contributed by atoms with Gasteiger partial charge in [0.1, 0.15) is 6.26 Å². The molecule has 112 valence electrons. The molecule has 0 fully saturated rings. The number of nitro groups is 1. The first-order valence-electron chi connectivity index (χ1n) is 6.39. The topological polar surface area (TPSA) is 90.4 Å². The predicted octanol–water partition coefficient (Wildman–Crippen LogP) is 3.31. The van der Waals surface area contributed by atoms with Crippen molar-refractivity contribution in [2.45, 2.75) is 10.6 Å². The number of fused-ring (bicyclic) bond motifs is 1. The lowest BCUT2D eigenvalue weighted by Gasteiger charge is -2.06. The van der Waals surface area contributed by atoms with Crippen LogP contribution in [-0.2, 0) is 15.6 Å². The molecular formula is C15H11NO5S. The number of non-ortho nitro benzene ring substituents is 1. The van der Waals surface area contributed by atoms with E-state index in [1.165, 1.54) is 24.7 Å². The van der Waals surface area contributed by atoms with Crippen molar-refractivity contribution in [1.29, 1.82) is 0 Å². The second kappa shape index (κ2) is 5.27. The summed E-state index contributed by atoms with van der Waals surface area (Å²) < 4.78 is 30.1. The van der Waals surface area contributed by atoms with Gasteiger partial charge < -0.3 is 4.42 Å². The second-order valence-corrected chi connectivity index (χ2v) is 6.74. The fourth-order valence-corrected chi connectivity index (χ4v) is 3.88. The van der Waals surface area contributed by atoms with Gasteiger partial charge in [-0.3, -0.25) is 10.1 Å². The van der Waals surface area contributed by atoms with E-state index < -0.39 is 14.8 Å². The lowest BCUT2D eigenvalue weighted by Crippen LogP contribution is -2.05. The summed E-state index contributed by atoms with van der Waals surface area (Å²) in [6.07, 6.45) is 2.41. The first-order chi connectivity index (χ1) is 10.5. The zero-order valence-corrected chi connectivity index (χ0v) is 12.1.